The number of carbonyl (C=O) groups excluding carboxylic acids is 2. The van der Waals surface area contributed by atoms with Crippen LogP contribution in [0.25, 0.3) is 21.8 Å². The van der Waals surface area contributed by atoms with Crippen LogP contribution in [0.2, 0.25) is 0 Å². The molecule has 1 atom stereocenters. The molecule has 1 amide bonds. The number of likely N-dealkylation sites (tertiary alicyclic amines) is 1. The second kappa shape index (κ2) is 7.90. The summed E-state index contributed by atoms with van der Waals surface area (Å²) in [6.07, 6.45) is 0.254. The maximum absolute atomic E-state index is 12.3. The number of methoxy groups -OCH3 is 1. The fourth-order valence-corrected chi connectivity index (χ4v) is 4.64. The third-order valence-electron chi connectivity index (χ3n) is 5.39. The number of amides is 1. The quantitative estimate of drug-likeness (QED) is 0.605. The van der Waals surface area contributed by atoms with E-state index in [4.69, 9.17) is 9.26 Å². The summed E-state index contributed by atoms with van der Waals surface area (Å²) in [7, 11) is 2.98. The Hall–Kier alpha value is -3.04. The lowest BCUT2D eigenvalue weighted by Gasteiger charge is -2.16. The Morgan fingerprint density at radius 1 is 1.32 bits per heavy atom. The van der Waals surface area contributed by atoms with Crippen LogP contribution < -0.4 is 0 Å². The number of rotatable bonds is 5. The van der Waals surface area contributed by atoms with E-state index < -0.39 is 17.5 Å². The smallest absolute Gasteiger partial charge is 0.357 e. The van der Waals surface area contributed by atoms with Crippen molar-refractivity contribution in [3.05, 3.63) is 46.7 Å². The van der Waals surface area contributed by atoms with Gasteiger partial charge in [-0.05, 0) is 12.0 Å². The number of likely N-dealkylation sites (N-methyl/N-ethyl adjacent to an activating group) is 1. The van der Waals surface area contributed by atoms with E-state index >= 15 is 0 Å². The largest absolute Gasteiger partial charge is 0.464 e. The molecule has 3 aromatic rings. The minimum atomic E-state index is -1.69. The predicted molar refractivity (Wildman–Crippen MR) is 115 cm³/mol. The fourth-order valence-electron chi connectivity index (χ4n) is 3.59. The highest BCUT2D eigenvalue weighted by Gasteiger charge is 2.48. The van der Waals surface area contributed by atoms with Crippen LogP contribution in [0, 0.1) is 0 Å². The highest BCUT2D eigenvalue weighted by molar-refractivity contribution is 7.15. The SMILES string of the molecule is COC(=O)c1nc(-c2cccc(-c3cc([C@]4(O)CCN(C)C4=O)on3)c2)sc1C(C)C. The van der Waals surface area contributed by atoms with Gasteiger partial charge in [-0.15, -0.1) is 11.3 Å². The van der Waals surface area contributed by atoms with Crippen molar-refractivity contribution in [3.63, 3.8) is 0 Å². The molecule has 1 aliphatic rings. The van der Waals surface area contributed by atoms with Gasteiger partial charge in [0.1, 0.15) is 10.7 Å². The first-order valence-electron chi connectivity index (χ1n) is 9.89. The maximum atomic E-state index is 12.3. The van der Waals surface area contributed by atoms with Crippen molar-refractivity contribution in [2.24, 2.45) is 0 Å². The molecule has 0 saturated carbocycles. The molecule has 1 aromatic carbocycles. The van der Waals surface area contributed by atoms with Crippen molar-refractivity contribution in [1.82, 2.24) is 15.0 Å². The van der Waals surface area contributed by atoms with Crippen LogP contribution in [0.3, 0.4) is 0 Å². The van der Waals surface area contributed by atoms with Gasteiger partial charge in [0.2, 0.25) is 5.60 Å². The van der Waals surface area contributed by atoms with Crippen LogP contribution in [-0.4, -0.2) is 52.7 Å². The van der Waals surface area contributed by atoms with Gasteiger partial charge in [-0.25, -0.2) is 9.78 Å². The zero-order chi connectivity index (χ0) is 22.3. The van der Waals surface area contributed by atoms with Gasteiger partial charge in [-0.1, -0.05) is 37.2 Å². The normalized spacial score (nSPS) is 18.8. The Labute approximate surface area is 183 Å². The first kappa shape index (κ1) is 21.2. The summed E-state index contributed by atoms with van der Waals surface area (Å²) in [5.74, 6) is -0.595. The summed E-state index contributed by atoms with van der Waals surface area (Å²) in [5, 5.41) is 15.5. The molecular weight excluding hydrogens is 418 g/mol. The van der Waals surface area contributed by atoms with Crippen molar-refractivity contribution in [2.45, 2.75) is 31.8 Å². The van der Waals surface area contributed by atoms with Gasteiger partial charge in [0, 0.05) is 42.1 Å². The van der Waals surface area contributed by atoms with Gasteiger partial charge in [-0.3, -0.25) is 4.79 Å². The highest BCUT2D eigenvalue weighted by atomic mass is 32.1. The van der Waals surface area contributed by atoms with Crippen LogP contribution in [-0.2, 0) is 15.1 Å². The number of benzene rings is 1. The molecule has 31 heavy (non-hydrogen) atoms. The molecule has 162 valence electrons. The summed E-state index contributed by atoms with van der Waals surface area (Å²) in [6, 6.07) is 9.10. The number of hydrogen-bond donors (Lipinski definition) is 1. The minimum Gasteiger partial charge on any atom is -0.464 e. The Bertz CT molecular complexity index is 1150. The zero-order valence-corrected chi connectivity index (χ0v) is 18.5. The van der Waals surface area contributed by atoms with E-state index in [1.807, 2.05) is 38.1 Å². The molecule has 3 heterocycles. The number of hydrogen-bond acceptors (Lipinski definition) is 8. The maximum Gasteiger partial charge on any atom is 0.357 e. The Kier molecular flexibility index (Phi) is 5.40. The van der Waals surface area contributed by atoms with Gasteiger partial charge in [0.25, 0.3) is 5.91 Å². The van der Waals surface area contributed by atoms with Crippen LogP contribution >= 0.6 is 11.3 Å². The first-order chi connectivity index (χ1) is 14.7. The number of aliphatic hydroxyl groups is 1. The van der Waals surface area contributed by atoms with E-state index in [0.29, 0.717) is 22.9 Å². The number of esters is 1. The molecule has 1 fully saturated rings. The van der Waals surface area contributed by atoms with E-state index in [1.165, 1.54) is 23.3 Å². The summed E-state index contributed by atoms with van der Waals surface area (Å²) in [5.41, 5.74) is 0.712. The molecule has 1 N–H and O–H groups in total. The molecule has 1 aliphatic heterocycles. The monoisotopic (exact) mass is 441 g/mol. The molecule has 0 radical (unpaired) electrons. The molecule has 2 aromatic heterocycles. The molecule has 0 spiro atoms. The predicted octanol–water partition coefficient (Wildman–Crippen LogP) is 3.42. The third kappa shape index (κ3) is 3.64. The molecule has 0 aliphatic carbocycles. The number of nitrogens with zero attached hydrogens (tertiary/aromatic N) is 3. The van der Waals surface area contributed by atoms with Crippen molar-refractivity contribution < 1.29 is 24.0 Å². The molecular formula is C22H23N3O5S. The molecule has 9 heteroatoms. The van der Waals surface area contributed by atoms with Crippen LogP contribution in [0.15, 0.2) is 34.9 Å². The standard InChI is InChI=1S/C22H23N3O5S/c1-12(2)18-17(20(26)29-4)23-19(31-18)14-7-5-6-13(10-14)15-11-16(30-24-15)22(28)8-9-25(3)21(22)27/h5-7,10-12,28H,8-9H2,1-4H3/t22-/m1/s1. The van der Waals surface area contributed by atoms with Gasteiger partial charge >= 0.3 is 5.97 Å². The van der Waals surface area contributed by atoms with Crippen molar-refractivity contribution in [1.29, 1.82) is 0 Å². The number of aromatic nitrogens is 2. The van der Waals surface area contributed by atoms with Crippen molar-refractivity contribution in [2.75, 3.05) is 20.7 Å². The Morgan fingerprint density at radius 2 is 2.06 bits per heavy atom. The van der Waals surface area contributed by atoms with Gasteiger partial charge in [0.15, 0.2) is 11.5 Å². The lowest BCUT2D eigenvalue weighted by molar-refractivity contribution is -0.144. The number of ether oxygens (including phenoxy) is 1. The second-order valence-corrected chi connectivity index (χ2v) is 8.90. The Balaban J connectivity index is 1.69. The number of thiazole rings is 1. The van der Waals surface area contributed by atoms with Crippen LogP contribution in [0.5, 0.6) is 0 Å². The Morgan fingerprint density at radius 3 is 2.71 bits per heavy atom. The summed E-state index contributed by atoms with van der Waals surface area (Å²) >= 11 is 1.45. The average Bonchev–Trinajstić information content (AvgIpc) is 3.49. The van der Waals surface area contributed by atoms with Crippen LogP contribution in [0.4, 0.5) is 0 Å². The molecule has 0 unspecified atom stereocenters. The topological polar surface area (TPSA) is 106 Å². The van der Waals surface area contributed by atoms with E-state index in [9.17, 15) is 14.7 Å². The molecule has 4 rings (SSSR count). The number of carbonyl (C=O) groups is 2. The van der Waals surface area contributed by atoms with E-state index in [2.05, 4.69) is 10.1 Å². The van der Waals surface area contributed by atoms with Crippen LogP contribution in [0.1, 0.15) is 47.3 Å². The molecule has 1 saturated heterocycles. The summed E-state index contributed by atoms with van der Waals surface area (Å²) in [4.78, 5) is 31.3. The molecule has 8 nitrogen and oxygen atoms in total. The van der Waals surface area contributed by atoms with E-state index in [-0.39, 0.29) is 18.1 Å². The lowest BCUT2D eigenvalue weighted by Crippen LogP contribution is -2.35. The van der Waals surface area contributed by atoms with Crippen molar-refractivity contribution in [3.8, 4) is 21.8 Å². The third-order valence-corrected chi connectivity index (χ3v) is 6.79. The van der Waals surface area contributed by atoms with E-state index in [0.717, 1.165) is 16.0 Å². The first-order valence-corrected chi connectivity index (χ1v) is 10.7. The van der Waals surface area contributed by atoms with E-state index in [1.54, 1.807) is 13.1 Å². The molecule has 0 bridgehead atoms. The second-order valence-electron chi connectivity index (χ2n) is 7.87. The van der Waals surface area contributed by atoms with Gasteiger partial charge in [-0.2, -0.15) is 0 Å². The summed E-state index contributed by atoms with van der Waals surface area (Å²) < 4.78 is 10.2. The van der Waals surface area contributed by atoms with Gasteiger partial charge < -0.3 is 19.3 Å². The van der Waals surface area contributed by atoms with Gasteiger partial charge in [0.05, 0.1) is 7.11 Å². The zero-order valence-electron chi connectivity index (χ0n) is 17.7. The fraction of sp³-hybridized carbons (Fsp3) is 0.364. The van der Waals surface area contributed by atoms with Crippen molar-refractivity contribution >= 4 is 23.2 Å². The highest BCUT2D eigenvalue weighted by Crippen LogP contribution is 2.37. The average molecular weight is 442 g/mol. The summed E-state index contributed by atoms with van der Waals surface area (Å²) in [6.45, 7) is 4.46. The minimum absolute atomic E-state index is 0.129. The lowest BCUT2D eigenvalue weighted by atomic mass is 9.98.